The van der Waals surface area contributed by atoms with E-state index in [1.165, 1.54) is 36.4 Å². The van der Waals surface area contributed by atoms with Gasteiger partial charge in [0.25, 0.3) is 5.91 Å². The summed E-state index contributed by atoms with van der Waals surface area (Å²) in [5.74, 6) is -0.651. The summed E-state index contributed by atoms with van der Waals surface area (Å²) >= 11 is 0. The predicted octanol–water partition coefficient (Wildman–Crippen LogP) is 1.55. The highest BCUT2D eigenvalue weighted by atomic mass is 32.2. The largest absolute Gasteiger partial charge is 0.348 e. The lowest BCUT2D eigenvalue weighted by atomic mass is 10.1. The standard InChI is InChI=1S/C15H13FN2O3S/c16-12-4-1-10(2-5-12)8-18-22(20,21)13-6-3-11-9-17-15(19)14(11)7-13/h1-7,18H,8-9H2,(H,17,19). The zero-order valence-corrected chi connectivity index (χ0v) is 12.3. The van der Waals surface area contributed by atoms with Crippen molar-refractivity contribution >= 4 is 15.9 Å². The molecule has 22 heavy (non-hydrogen) atoms. The van der Waals surface area contributed by atoms with Gasteiger partial charge >= 0.3 is 0 Å². The molecule has 0 aliphatic carbocycles. The molecular weight excluding hydrogens is 307 g/mol. The molecule has 2 N–H and O–H groups in total. The monoisotopic (exact) mass is 320 g/mol. The summed E-state index contributed by atoms with van der Waals surface area (Å²) in [6.45, 7) is 0.462. The number of carbonyl (C=O) groups excluding carboxylic acids is 1. The Labute approximate surface area is 127 Å². The summed E-state index contributed by atoms with van der Waals surface area (Å²) in [6.07, 6.45) is 0. The van der Waals surface area contributed by atoms with Gasteiger partial charge in [0.15, 0.2) is 0 Å². The smallest absolute Gasteiger partial charge is 0.251 e. The van der Waals surface area contributed by atoms with E-state index in [2.05, 4.69) is 10.0 Å². The Balaban J connectivity index is 1.80. The number of fused-ring (bicyclic) bond motifs is 1. The molecule has 3 rings (SSSR count). The van der Waals surface area contributed by atoms with E-state index < -0.39 is 10.0 Å². The third-order valence-electron chi connectivity index (χ3n) is 3.46. The number of hydrogen-bond donors (Lipinski definition) is 2. The summed E-state index contributed by atoms with van der Waals surface area (Å²) in [6, 6.07) is 10.0. The molecule has 0 atom stereocenters. The molecule has 2 aromatic carbocycles. The summed E-state index contributed by atoms with van der Waals surface area (Å²) in [7, 11) is -3.74. The molecule has 5 nitrogen and oxygen atoms in total. The minimum absolute atomic E-state index is 0.0328. The topological polar surface area (TPSA) is 75.3 Å². The highest BCUT2D eigenvalue weighted by Gasteiger charge is 2.22. The minimum atomic E-state index is -3.74. The number of carbonyl (C=O) groups is 1. The highest BCUT2D eigenvalue weighted by molar-refractivity contribution is 7.89. The van der Waals surface area contributed by atoms with Crippen molar-refractivity contribution in [3.8, 4) is 0 Å². The van der Waals surface area contributed by atoms with Crippen molar-refractivity contribution in [3.63, 3.8) is 0 Å². The fourth-order valence-corrected chi connectivity index (χ4v) is 3.27. The second-order valence-corrected chi connectivity index (χ2v) is 6.72. The van der Waals surface area contributed by atoms with Gasteiger partial charge in [-0.15, -0.1) is 0 Å². The van der Waals surface area contributed by atoms with Gasteiger partial charge in [-0.25, -0.2) is 17.5 Å². The normalized spacial score (nSPS) is 13.8. The van der Waals surface area contributed by atoms with Gasteiger partial charge in [-0.1, -0.05) is 18.2 Å². The lowest BCUT2D eigenvalue weighted by Crippen LogP contribution is -2.23. The summed E-state index contributed by atoms with van der Waals surface area (Å²) < 4.78 is 39.8. The van der Waals surface area contributed by atoms with Gasteiger partial charge < -0.3 is 5.32 Å². The Hall–Kier alpha value is -2.25. The van der Waals surface area contributed by atoms with E-state index in [9.17, 15) is 17.6 Å². The average molecular weight is 320 g/mol. The van der Waals surface area contributed by atoms with Crippen LogP contribution in [-0.2, 0) is 23.1 Å². The maximum atomic E-state index is 12.8. The molecule has 0 aromatic heterocycles. The molecule has 0 fully saturated rings. The van der Waals surface area contributed by atoms with Crippen LogP contribution in [0, 0.1) is 5.82 Å². The molecule has 1 heterocycles. The summed E-state index contributed by atoms with van der Waals surface area (Å²) in [4.78, 5) is 11.6. The van der Waals surface area contributed by atoms with E-state index in [-0.39, 0.29) is 23.2 Å². The van der Waals surface area contributed by atoms with E-state index >= 15 is 0 Å². The van der Waals surface area contributed by atoms with E-state index in [1.807, 2.05) is 0 Å². The highest BCUT2D eigenvalue weighted by Crippen LogP contribution is 2.20. The Morgan fingerprint density at radius 1 is 1.14 bits per heavy atom. The van der Waals surface area contributed by atoms with Crippen LogP contribution in [0.3, 0.4) is 0 Å². The number of nitrogens with one attached hydrogen (secondary N) is 2. The molecule has 1 aliphatic rings. The van der Waals surface area contributed by atoms with Gasteiger partial charge in [0.2, 0.25) is 10.0 Å². The van der Waals surface area contributed by atoms with Crippen LogP contribution in [0.4, 0.5) is 4.39 Å². The van der Waals surface area contributed by atoms with Crippen LogP contribution in [0.15, 0.2) is 47.4 Å². The molecule has 114 valence electrons. The third kappa shape index (κ3) is 2.86. The molecule has 1 amide bonds. The van der Waals surface area contributed by atoms with Gasteiger partial charge in [-0.3, -0.25) is 4.79 Å². The Morgan fingerprint density at radius 2 is 1.86 bits per heavy atom. The summed E-state index contributed by atoms with van der Waals surface area (Å²) in [5.41, 5.74) is 1.80. The zero-order chi connectivity index (χ0) is 15.7. The lowest BCUT2D eigenvalue weighted by molar-refractivity contribution is 0.0965. The van der Waals surface area contributed by atoms with Crippen molar-refractivity contribution in [2.45, 2.75) is 18.0 Å². The first-order valence-corrected chi connectivity index (χ1v) is 8.09. The Morgan fingerprint density at radius 3 is 2.59 bits per heavy atom. The molecule has 7 heteroatoms. The van der Waals surface area contributed by atoms with Gasteiger partial charge in [-0.2, -0.15) is 0 Å². The molecule has 1 aliphatic heterocycles. The van der Waals surface area contributed by atoms with Crippen molar-refractivity contribution in [1.29, 1.82) is 0 Å². The van der Waals surface area contributed by atoms with Gasteiger partial charge in [-0.05, 0) is 35.4 Å². The first-order valence-electron chi connectivity index (χ1n) is 6.61. The molecule has 0 radical (unpaired) electrons. The van der Waals surface area contributed by atoms with E-state index in [0.29, 0.717) is 17.7 Å². The molecule has 0 spiro atoms. The Kier molecular flexibility index (Phi) is 3.67. The maximum Gasteiger partial charge on any atom is 0.251 e. The zero-order valence-electron chi connectivity index (χ0n) is 11.5. The number of sulfonamides is 1. The van der Waals surface area contributed by atoms with Crippen molar-refractivity contribution in [1.82, 2.24) is 10.0 Å². The fraction of sp³-hybridized carbons (Fsp3) is 0.133. The average Bonchev–Trinajstić information content (AvgIpc) is 2.88. The SMILES string of the molecule is O=C1NCc2ccc(S(=O)(=O)NCc3ccc(F)cc3)cc21. The molecule has 0 saturated carbocycles. The lowest BCUT2D eigenvalue weighted by Gasteiger charge is -2.08. The van der Waals surface area contributed by atoms with Crippen LogP contribution in [-0.4, -0.2) is 14.3 Å². The number of halogens is 1. The number of rotatable bonds is 4. The summed E-state index contributed by atoms with van der Waals surface area (Å²) in [5, 5.41) is 2.64. The van der Waals surface area contributed by atoms with Crippen LogP contribution in [0.25, 0.3) is 0 Å². The third-order valence-corrected chi connectivity index (χ3v) is 4.85. The number of amides is 1. The van der Waals surface area contributed by atoms with Crippen LogP contribution in [0.1, 0.15) is 21.5 Å². The quantitative estimate of drug-likeness (QED) is 0.897. The minimum Gasteiger partial charge on any atom is -0.348 e. The first kappa shape index (κ1) is 14.7. The van der Waals surface area contributed by atoms with Gasteiger partial charge in [0.1, 0.15) is 5.82 Å². The van der Waals surface area contributed by atoms with Crippen molar-refractivity contribution in [3.05, 3.63) is 65.0 Å². The molecule has 0 saturated heterocycles. The van der Waals surface area contributed by atoms with Crippen LogP contribution in [0.2, 0.25) is 0 Å². The molecule has 0 bridgehead atoms. The van der Waals surface area contributed by atoms with Crippen molar-refractivity contribution in [2.24, 2.45) is 0 Å². The Bertz CT molecular complexity index is 832. The van der Waals surface area contributed by atoms with Crippen LogP contribution >= 0.6 is 0 Å². The maximum absolute atomic E-state index is 12.8. The van der Waals surface area contributed by atoms with E-state index in [1.54, 1.807) is 6.07 Å². The van der Waals surface area contributed by atoms with Crippen LogP contribution in [0.5, 0.6) is 0 Å². The first-order chi connectivity index (χ1) is 10.5. The van der Waals surface area contributed by atoms with Crippen molar-refractivity contribution in [2.75, 3.05) is 0 Å². The predicted molar refractivity (Wildman–Crippen MR) is 78.0 cm³/mol. The van der Waals surface area contributed by atoms with Gasteiger partial charge in [0, 0.05) is 18.7 Å². The van der Waals surface area contributed by atoms with Gasteiger partial charge in [0.05, 0.1) is 4.90 Å². The fourth-order valence-electron chi connectivity index (χ4n) is 2.22. The second-order valence-electron chi connectivity index (χ2n) is 4.95. The van der Waals surface area contributed by atoms with E-state index in [4.69, 9.17) is 0 Å². The molecule has 2 aromatic rings. The molecule has 0 unspecified atom stereocenters. The van der Waals surface area contributed by atoms with Crippen molar-refractivity contribution < 1.29 is 17.6 Å². The second kappa shape index (κ2) is 5.51. The molecular formula is C15H13FN2O3S. The van der Waals surface area contributed by atoms with E-state index in [0.717, 1.165) is 5.56 Å². The number of hydrogen-bond acceptors (Lipinski definition) is 3. The van der Waals surface area contributed by atoms with Crippen LogP contribution < -0.4 is 10.0 Å². The number of benzene rings is 2.